The number of thiazole rings is 1. The molecule has 1 aromatic heterocycles. The minimum atomic E-state index is -3.54. The van der Waals surface area contributed by atoms with Gasteiger partial charge in [0.2, 0.25) is 10.0 Å². The van der Waals surface area contributed by atoms with E-state index in [-0.39, 0.29) is 11.5 Å². The van der Waals surface area contributed by atoms with Gasteiger partial charge >= 0.3 is 0 Å². The summed E-state index contributed by atoms with van der Waals surface area (Å²) in [7, 11) is -3.54. The Kier molecular flexibility index (Phi) is 4.87. The van der Waals surface area contributed by atoms with E-state index in [1.807, 2.05) is 12.3 Å². The van der Waals surface area contributed by atoms with Gasteiger partial charge in [-0.15, -0.1) is 11.3 Å². The molecule has 0 spiro atoms. The third kappa shape index (κ3) is 3.86. The fourth-order valence-corrected chi connectivity index (χ4v) is 3.58. The number of aliphatic hydroxyl groups is 1. The van der Waals surface area contributed by atoms with E-state index in [1.54, 1.807) is 12.1 Å². The molecule has 0 aliphatic carbocycles. The quantitative estimate of drug-likeness (QED) is 0.846. The van der Waals surface area contributed by atoms with Crippen LogP contribution < -0.4 is 4.72 Å². The summed E-state index contributed by atoms with van der Waals surface area (Å²) >= 11 is 1.52. The minimum absolute atomic E-state index is 0.166. The van der Waals surface area contributed by atoms with Crippen molar-refractivity contribution >= 4 is 21.4 Å². The fraction of sp³-hybridized carbons (Fsp3) is 0.308. The molecule has 2 N–H and O–H groups in total. The van der Waals surface area contributed by atoms with Crippen molar-refractivity contribution in [3.05, 3.63) is 45.9 Å². The molecule has 0 aliphatic rings. The van der Waals surface area contributed by atoms with Crippen molar-refractivity contribution in [3.63, 3.8) is 0 Å². The van der Waals surface area contributed by atoms with Crippen LogP contribution in [0.3, 0.4) is 0 Å². The number of hydrogen-bond donors (Lipinski definition) is 2. The van der Waals surface area contributed by atoms with Gasteiger partial charge in [-0.1, -0.05) is 12.1 Å². The van der Waals surface area contributed by atoms with Crippen LogP contribution >= 0.6 is 11.3 Å². The van der Waals surface area contributed by atoms with Crippen molar-refractivity contribution in [2.75, 3.05) is 6.54 Å². The van der Waals surface area contributed by atoms with E-state index in [0.29, 0.717) is 18.5 Å². The van der Waals surface area contributed by atoms with Gasteiger partial charge in [-0.25, -0.2) is 18.1 Å². The first kappa shape index (κ1) is 15.1. The second kappa shape index (κ2) is 6.45. The van der Waals surface area contributed by atoms with Crippen LogP contribution in [0.15, 0.2) is 34.5 Å². The summed E-state index contributed by atoms with van der Waals surface area (Å²) in [6.07, 6.45) is 0.567. The van der Waals surface area contributed by atoms with E-state index in [0.717, 1.165) is 10.7 Å². The Hall–Kier alpha value is -1.28. The summed E-state index contributed by atoms with van der Waals surface area (Å²) in [5.74, 6) is 0. The van der Waals surface area contributed by atoms with E-state index < -0.39 is 10.0 Å². The smallest absolute Gasteiger partial charge is 0.240 e. The molecule has 2 rings (SSSR count). The molecule has 0 saturated carbocycles. The van der Waals surface area contributed by atoms with Crippen molar-refractivity contribution in [3.8, 4) is 0 Å². The number of rotatable bonds is 6. The Balaban J connectivity index is 2.00. The highest BCUT2D eigenvalue weighted by molar-refractivity contribution is 7.89. The zero-order valence-electron chi connectivity index (χ0n) is 11.0. The molecular formula is C13H16N2O3S2. The number of hydrogen-bond acceptors (Lipinski definition) is 5. The van der Waals surface area contributed by atoms with Gasteiger partial charge < -0.3 is 5.11 Å². The molecule has 0 atom stereocenters. The highest BCUT2D eigenvalue weighted by atomic mass is 32.2. The van der Waals surface area contributed by atoms with Crippen molar-refractivity contribution in [1.29, 1.82) is 0 Å². The summed E-state index contributed by atoms with van der Waals surface area (Å²) in [4.78, 5) is 4.45. The van der Waals surface area contributed by atoms with Crippen LogP contribution in [-0.4, -0.2) is 25.1 Å². The lowest BCUT2D eigenvalue weighted by molar-refractivity contribution is 0.281. The van der Waals surface area contributed by atoms with Crippen molar-refractivity contribution < 1.29 is 13.5 Å². The molecule has 0 radical (unpaired) electrons. The maximum Gasteiger partial charge on any atom is 0.240 e. The molecule has 0 fully saturated rings. The number of aromatic nitrogens is 1. The van der Waals surface area contributed by atoms with Crippen LogP contribution in [0, 0.1) is 6.92 Å². The Morgan fingerprint density at radius 3 is 2.85 bits per heavy atom. The molecule has 0 bridgehead atoms. The summed E-state index contributed by atoms with van der Waals surface area (Å²) in [5.41, 5.74) is 1.52. The largest absolute Gasteiger partial charge is 0.392 e. The molecule has 7 heteroatoms. The summed E-state index contributed by atoms with van der Waals surface area (Å²) in [6.45, 7) is 2.03. The van der Waals surface area contributed by atoms with E-state index in [4.69, 9.17) is 5.11 Å². The number of benzene rings is 1. The van der Waals surface area contributed by atoms with Gasteiger partial charge in [-0.3, -0.25) is 0 Å². The maximum absolute atomic E-state index is 12.1. The monoisotopic (exact) mass is 312 g/mol. The maximum atomic E-state index is 12.1. The summed E-state index contributed by atoms with van der Waals surface area (Å²) < 4.78 is 26.7. The van der Waals surface area contributed by atoms with Gasteiger partial charge in [0.05, 0.1) is 16.5 Å². The normalized spacial score (nSPS) is 11.7. The first-order valence-electron chi connectivity index (χ1n) is 6.12. The molecule has 20 heavy (non-hydrogen) atoms. The first-order chi connectivity index (χ1) is 9.51. The van der Waals surface area contributed by atoms with Crippen molar-refractivity contribution in [2.24, 2.45) is 0 Å². The topological polar surface area (TPSA) is 79.3 Å². The molecule has 0 unspecified atom stereocenters. The third-order valence-electron chi connectivity index (χ3n) is 2.69. The molecular weight excluding hydrogens is 296 g/mol. The van der Waals surface area contributed by atoms with E-state index in [9.17, 15) is 8.42 Å². The Morgan fingerprint density at radius 1 is 1.40 bits per heavy atom. The molecule has 0 amide bonds. The zero-order valence-corrected chi connectivity index (χ0v) is 12.7. The number of aryl methyl sites for hydroxylation is 1. The van der Waals surface area contributed by atoms with Crippen LogP contribution in [-0.2, 0) is 23.1 Å². The predicted octanol–water partition coefficient (Wildman–Crippen LogP) is 1.46. The van der Waals surface area contributed by atoms with Crippen molar-refractivity contribution in [1.82, 2.24) is 9.71 Å². The van der Waals surface area contributed by atoms with E-state index in [1.165, 1.54) is 23.5 Å². The lowest BCUT2D eigenvalue weighted by Crippen LogP contribution is -2.26. The van der Waals surface area contributed by atoms with Gasteiger partial charge in [-0.2, -0.15) is 0 Å². The number of nitrogens with zero attached hydrogens (tertiary/aromatic N) is 1. The molecule has 108 valence electrons. The molecule has 0 aliphatic heterocycles. The third-order valence-corrected chi connectivity index (χ3v) is 5.17. The Morgan fingerprint density at radius 2 is 2.20 bits per heavy atom. The van der Waals surface area contributed by atoms with E-state index in [2.05, 4.69) is 9.71 Å². The Bertz CT molecular complexity index is 680. The number of nitrogens with one attached hydrogen (secondary N) is 1. The van der Waals surface area contributed by atoms with Crippen LogP contribution in [0.5, 0.6) is 0 Å². The highest BCUT2D eigenvalue weighted by Crippen LogP contribution is 2.12. The van der Waals surface area contributed by atoms with Crippen LogP contribution in [0.4, 0.5) is 0 Å². The lowest BCUT2D eigenvalue weighted by Gasteiger charge is -2.07. The van der Waals surface area contributed by atoms with Crippen LogP contribution in [0.25, 0.3) is 0 Å². The lowest BCUT2D eigenvalue weighted by atomic mass is 10.2. The van der Waals surface area contributed by atoms with Gasteiger partial charge in [0.15, 0.2) is 0 Å². The second-order valence-electron chi connectivity index (χ2n) is 4.34. The zero-order chi connectivity index (χ0) is 14.6. The Labute approximate surface area is 122 Å². The molecule has 2 aromatic rings. The minimum Gasteiger partial charge on any atom is -0.392 e. The molecule has 1 aromatic carbocycles. The van der Waals surface area contributed by atoms with Crippen molar-refractivity contribution in [2.45, 2.75) is 24.8 Å². The summed E-state index contributed by atoms with van der Waals surface area (Å²) in [6, 6.07) is 6.27. The summed E-state index contributed by atoms with van der Waals surface area (Å²) in [5, 5.41) is 11.9. The molecule has 1 heterocycles. The highest BCUT2D eigenvalue weighted by Gasteiger charge is 2.14. The van der Waals surface area contributed by atoms with Gasteiger partial charge in [0, 0.05) is 24.0 Å². The standard InChI is InChI=1S/C13H16N2O3S2/c1-10-9-19-13(15-10)5-6-14-20(17,18)12-4-2-3-11(7-12)8-16/h2-4,7,9,14,16H,5-6,8H2,1H3. The predicted molar refractivity (Wildman–Crippen MR) is 78.1 cm³/mol. The fourth-order valence-electron chi connectivity index (χ4n) is 1.70. The average Bonchev–Trinajstić information content (AvgIpc) is 2.84. The molecule has 5 nitrogen and oxygen atoms in total. The average molecular weight is 312 g/mol. The van der Waals surface area contributed by atoms with Gasteiger partial charge in [0.1, 0.15) is 0 Å². The second-order valence-corrected chi connectivity index (χ2v) is 7.05. The van der Waals surface area contributed by atoms with Crippen LogP contribution in [0.1, 0.15) is 16.3 Å². The number of sulfonamides is 1. The van der Waals surface area contributed by atoms with Gasteiger partial charge in [-0.05, 0) is 24.6 Å². The first-order valence-corrected chi connectivity index (χ1v) is 8.48. The molecule has 0 saturated heterocycles. The van der Waals surface area contributed by atoms with E-state index >= 15 is 0 Å². The number of aliphatic hydroxyl groups excluding tert-OH is 1. The SMILES string of the molecule is Cc1csc(CCNS(=O)(=O)c2cccc(CO)c2)n1. The van der Waals surface area contributed by atoms with Crippen LogP contribution in [0.2, 0.25) is 0 Å². The van der Waals surface area contributed by atoms with Gasteiger partial charge in [0.25, 0.3) is 0 Å².